The number of nitrogens with one attached hydrogen (secondary N) is 1. The Morgan fingerprint density at radius 2 is 2.31 bits per heavy atom. The van der Waals surface area contributed by atoms with E-state index in [2.05, 4.69) is 17.2 Å². The van der Waals surface area contributed by atoms with Gasteiger partial charge in [0.05, 0.1) is 5.69 Å². The van der Waals surface area contributed by atoms with Gasteiger partial charge >= 0.3 is 5.97 Å². The number of nitrogens with zero attached hydrogens (tertiary/aromatic N) is 1. The third-order valence-corrected chi connectivity index (χ3v) is 4.41. The maximum atomic E-state index is 10.9. The SMILES string of the molecule is CCC1(Nc2nc(C)c(C(=O)O)s2)CCC1. The number of aryl methyl sites for hydroxylation is 1. The highest BCUT2D eigenvalue weighted by Crippen LogP contribution is 2.39. The molecule has 0 unspecified atom stereocenters. The number of aromatic carboxylic acids is 1. The lowest BCUT2D eigenvalue weighted by molar-refractivity contribution is 0.0701. The molecule has 2 rings (SSSR count). The first-order chi connectivity index (χ1) is 7.56. The minimum absolute atomic E-state index is 0.167. The van der Waals surface area contributed by atoms with Crippen molar-refractivity contribution in [3.63, 3.8) is 0 Å². The molecule has 0 aromatic carbocycles. The Morgan fingerprint density at radius 1 is 1.62 bits per heavy atom. The Labute approximate surface area is 98.7 Å². The van der Waals surface area contributed by atoms with Gasteiger partial charge in [-0.1, -0.05) is 18.3 Å². The number of carboxylic acids is 1. The highest BCUT2D eigenvalue weighted by atomic mass is 32.1. The topological polar surface area (TPSA) is 62.2 Å². The van der Waals surface area contributed by atoms with Gasteiger partial charge in [0.1, 0.15) is 4.88 Å². The Bertz CT molecular complexity index is 405. The molecule has 88 valence electrons. The number of carboxylic acid groups (broad SMARTS) is 1. The van der Waals surface area contributed by atoms with E-state index < -0.39 is 5.97 Å². The molecule has 1 aromatic heterocycles. The molecule has 0 aliphatic heterocycles. The number of rotatable bonds is 4. The number of carbonyl (C=O) groups is 1. The van der Waals surface area contributed by atoms with Crippen LogP contribution in [0.2, 0.25) is 0 Å². The van der Waals surface area contributed by atoms with E-state index in [1.54, 1.807) is 6.92 Å². The van der Waals surface area contributed by atoms with Crippen molar-refractivity contribution in [3.05, 3.63) is 10.6 Å². The van der Waals surface area contributed by atoms with Crippen molar-refractivity contribution in [2.45, 2.75) is 45.1 Å². The van der Waals surface area contributed by atoms with Gasteiger partial charge in [-0.05, 0) is 32.6 Å². The molecule has 16 heavy (non-hydrogen) atoms. The minimum Gasteiger partial charge on any atom is -0.477 e. The number of thiazole rings is 1. The van der Waals surface area contributed by atoms with Crippen molar-refractivity contribution in [2.24, 2.45) is 0 Å². The van der Waals surface area contributed by atoms with Gasteiger partial charge < -0.3 is 10.4 Å². The predicted octanol–water partition coefficient (Wildman–Crippen LogP) is 2.89. The quantitative estimate of drug-likeness (QED) is 0.849. The van der Waals surface area contributed by atoms with E-state index in [9.17, 15) is 4.79 Å². The van der Waals surface area contributed by atoms with E-state index in [0.29, 0.717) is 10.6 Å². The summed E-state index contributed by atoms with van der Waals surface area (Å²) in [5.74, 6) is -0.887. The van der Waals surface area contributed by atoms with E-state index in [-0.39, 0.29) is 5.54 Å². The van der Waals surface area contributed by atoms with Crippen LogP contribution in [0.5, 0.6) is 0 Å². The number of anilines is 1. The molecule has 1 heterocycles. The van der Waals surface area contributed by atoms with Crippen LogP contribution in [0.4, 0.5) is 5.13 Å². The third kappa shape index (κ3) is 1.91. The molecule has 0 amide bonds. The smallest absolute Gasteiger partial charge is 0.347 e. The van der Waals surface area contributed by atoms with Crippen LogP contribution in [0.1, 0.15) is 48.0 Å². The summed E-state index contributed by atoms with van der Waals surface area (Å²) in [7, 11) is 0. The summed E-state index contributed by atoms with van der Waals surface area (Å²) in [5.41, 5.74) is 0.769. The Hall–Kier alpha value is -1.10. The predicted molar refractivity (Wildman–Crippen MR) is 64.3 cm³/mol. The zero-order valence-corrected chi connectivity index (χ0v) is 10.4. The third-order valence-electron chi connectivity index (χ3n) is 3.35. The van der Waals surface area contributed by atoms with E-state index in [0.717, 1.165) is 24.4 Å². The fourth-order valence-corrected chi connectivity index (χ4v) is 2.97. The minimum atomic E-state index is -0.887. The number of hydrogen-bond donors (Lipinski definition) is 2. The van der Waals surface area contributed by atoms with Gasteiger partial charge in [-0.15, -0.1) is 0 Å². The van der Waals surface area contributed by atoms with E-state index >= 15 is 0 Å². The molecular weight excluding hydrogens is 224 g/mol. The first kappa shape index (κ1) is 11.4. The Balaban J connectivity index is 2.16. The number of aromatic nitrogens is 1. The van der Waals surface area contributed by atoms with Crippen molar-refractivity contribution in [3.8, 4) is 0 Å². The van der Waals surface area contributed by atoms with Gasteiger partial charge in [0.2, 0.25) is 0 Å². The van der Waals surface area contributed by atoms with Crippen LogP contribution < -0.4 is 5.32 Å². The van der Waals surface area contributed by atoms with Crippen LogP contribution in [-0.2, 0) is 0 Å². The second-order valence-corrected chi connectivity index (χ2v) is 5.35. The van der Waals surface area contributed by atoms with Crippen molar-refractivity contribution >= 4 is 22.4 Å². The summed E-state index contributed by atoms with van der Waals surface area (Å²) in [4.78, 5) is 15.5. The molecule has 1 aliphatic rings. The Kier molecular flexibility index (Phi) is 2.88. The van der Waals surface area contributed by atoms with Gasteiger partial charge in [-0.25, -0.2) is 9.78 Å². The molecule has 1 saturated carbocycles. The summed E-state index contributed by atoms with van der Waals surface area (Å²) in [6.07, 6.45) is 4.63. The summed E-state index contributed by atoms with van der Waals surface area (Å²) < 4.78 is 0. The molecule has 5 heteroatoms. The van der Waals surface area contributed by atoms with Gasteiger partial charge in [0, 0.05) is 5.54 Å². The molecule has 1 fully saturated rings. The lowest BCUT2D eigenvalue weighted by Gasteiger charge is -2.41. The monoisotopic (exact) mass is 240 g/mol. The van der Waals surface area contributed by atoms with Crippen molar-refractivity contribution in [1.29, 1.82) is 0 Å². The molecule has 0 spiro atoms. The van der Waals surface area contributed by atoms with E-state index in [1.807, 2.05) is 0 Å². The van der Waals surface area contributed by atoms with Gasteiger partial charge in [-0.3, -0.25) is 0 Å². The zero-order valence-electron chi connectivity index (χ0n) is 9.54. The first-order valence-electron chi connectivity index (χ1n) is 5.55. The molecule has 4 nitrogen and oxygen atoms in total. The van der Waals surface area contributed by atoms with Crippen LogP contribution in [0.15, 0.2) is 0 Å². The summed E-state index contributed by atoms with van der Waals surface area (Å²) in [6.45, 7) is 3.90. The average molecular weight is 240 g/mol. The highest BCUT2D eigenvalue weighted by Gasteiger charge is 2.35. The molecule has 0 bridgehead atoms. The number of hydrogen-bond acceptors (Lipinski definition) is 4. The average Bonchev–Trinajstić information content (AvgIpc) is 2.53. The van der Waals surface area contributed by atoms with Gasteiger partial charge in [0.15, 0.2) is 5.13 Å². The van der Waals surface area contributed by atoms with Crippen LogP contribution >= 0.6 is 11.3 Å². The largest absolute Gasteiger partial charge is 0.477 e. The second kappa shape index (κ2) is 4.05. The lowest BCUT2D eigenvalue weighted by atomic mass is 9.75. The first-order valence-corrected chi connectivity index (χ1v) is 6.37. The molecule has 1 aromatic rings. The molecule has 1 aliphatic carbocycles. The Morgan fingerprint density at radius 3 is 2.69 bits per heavy atom. The summed E-state index contributed by atoms with van der Waals surface area (Å²) in [5, 5.41) is 13.1. The van der Waals surface area contributed by atoms with Crippen LogP contribution in [0.25, 0.3) is 0 Å². The van der Waals surface area contributed by atoms with Gasteiger partial charge in [0.25, 0.3) is 0 Å². The van der Waals surface area contributed by atoms with Crippen LogP contribution in [0, 0.1) is 6.92 Å². The van der Waals surface area contributed by atoms with Crippen LogP contribution in [-0.4, -0.2) is 21.6 Å². The van der Waals surface area contributed by atoms with Crippen molar-refractivity contribution in [2.75, 3.05) is 5.32 Å². The lowest BCUT2D eigenvalue weighted by Crippen LogP contribution is -2.44. The van der Waals surface area contributed by atoms with Crippen molar-refractivity contribution in [1.82, 2.24) is 4.98 Å². The molecular formula is C11H16N2O2S. The molecule has 0 radical (unpaired) electrons. The fraction of sp³-hybridized carbons (Fsp3) is 0.636. The van der Waals surface area contributed by atoms with Crippen molar-refractivity contribution < 1.29 is 9.90 Å². The highest BCUT2D eigenvalue weighted by molar-refractivity contribution is 7.17. The normalized spacial score (nSPS) is 17.9. The van der Waals surface area contributed by atoms with Crippen LogP contribution in [0.3, 0.4) is 0 Å². The standard InChI is InChI=1S/C11H16N2O2S/c1-3-11(5-4-6-11)13-10-12-7(2)8(16-10)9(14)15/h3-6H2,1-2H3,(H,12,13)(H,14,15). The maximum absolute atomic E-state index is 10.9. The second-order valence-electron chi connectivity index (χ2n) is 4.35. The molecule has 0 atom stereocenters. The zero-order chi connectivity index (χ0) is 11.8. The molecule has 2 N–H and O–H groups in total. The summed E-state index contributed by atoms with van der Waals surface area (Å²) in [6, 6.07) is 0. The van der Waals surface area contributed by atoms with E-state index in [4.69, 9.17) is 5.11 Å². The maximum Gasteiger partial charge on any atom is 0.347 e. The fourth-order valence-electron chi connectivity index (χ4n) is 2.05. The molecule has 0 saturated heterocycles. The van der Waals surface area contributed by atoms with E-state index in [1.165, 1.54) is 17.8 Å². The van der Waals surface area contributed by atoms with Gasteiger partial charge in [-0.2, -0.15) is 0 Å². The summed E-state index contributed by atoms with van der Waals surface area (Å²) >= 11 is 1.24.